The lowest BCUT2D eigenvalue weighted by Gasteiger charge is -2.17. The number of benzene rings is 1. The number of hydrogen-bond acceptors (Lipinski definition) is 4. The third-order valence-electron chi connectivity index (χ3n) is 3.39. The van der Waals surface area contributed by atoms with Crippen LogP contribution in [0.1, 0.15) is 5.56 Å². The van der Waals surface area contributed by atoms with Crippen LogP contribution in [0.3, 0.4) is 0 Å². The Hall–Kier alpha value is -1.96. The maximum atomic E-state index is 12.8. The lowest BCUT2D eigenvalue weighted by molar-refractivity contribution is -0.137. The highest BCUT2D eigenvalue weighted by molar-refractivity contribution is 6.31. The predicted octanol–water partition coefficient (Wildman–Crippen LogP) is 2.68. The van der Waals surface area contributed by atoms with Gasteiger partial charge in [-0.2, -0.15) is 23.4 Å². The van der Waals surface area contributed by atoms with Crippen LogP contribution in [0.15, 0.2) is 28.4 Å². The largest absolute Gasteiger partial charge is 0.417 e. The Kier molecular flexibility index (Phi) is 3.01. The molecule has 110 valence electrons. The molecule has 0 spiro atoms. The Labute approximate surface area is 121 Å². The number of halogens is 4. The zero-order valence-electron chi connectivity index (χ0n) is 10.3. The Morgan fingerprint density at radius 3 is 2.57 bits per heavy atom. The number of fused-ring (bicyclic) bond motifs is 1. The molecule has 0 aliphatic carbocycles. The molecule has 0 unspecified atom stereocenters. The summed E-state index contributed by atoms with van der Waals surface area (Å²) in [7, 11) is 0. The number of azo groups is 1. The number of nitrogens with zero attached hydrogens (tertiary/aromatic N) is 3. The molecular formula is C12H7ClF3N3O2. The number of anilines is 1. The van der Waals surface area contributed by atoms with E-state index in [4.69, 9.17) is 11.6 Å². The zero-order chi connectivity index (χ0) is 15.4. The summed E-state index contributed by atoms with van der Waals surface area (Å²) in [5, 5.41) is 6.79. The number of carbonyl (C=O) groups excluding carboxylic acids is 2. The van der Waals surface area contributed by atoms with Gasteiger partial charge in [0.1, 0.15) is 0 Å². The van der Waals surface area contributed by atoms with E-state index < -0.39 is 40.5 Å². The SMILES string of the molecule is O=C1[C@H]2N=NC[C@H]2C(=O)N1c1ccc(Cl)c(C(F)(F)F)c1. The maximum absolute atomic E-state index is 12.8. The van der Waals surface area contributed by atoms with Crippen molar-refractivity contribution in [3.05, 3.63) is 28.8 Å². The quantitative estimate of drug-likeness (QED) is 0.748. The number of carbonyl (C=O) groups is 2. The highest BCUT2D eigenvalue weighted by Gasteiger charge is 2.51. The van der Waals surface area contributed by atoms with Crippen LogP contribution in [-0.4, -0.2) is 24.4 Å². The van der Waals surface area contributed by atoms with Gasteiger partial charge in [-0.05, 0) is 18.2 Å². The van der Waals surface area contributed by atoms with Gasteiger partial charge >= 0.3 is 6.18 Å². The highest BCUT2D eigenvalue weighted by atomic mass is 35.5. The molecule has 1 aromatic rings. The van der Waals surface area contributed by atoms with E-state index in [0.29, 0.717) is 6.07 Å². The topological polar surface area (TPSA) is 62.1 Å². The van der Waals surface area contributed by atoms with Crippen LogP contribution in [0.2, 0.25) is 5.02 Å². The second-order valence-corrected chi connectivity index (χ2v) is 5.07. The van der Waals surface area contributed by atoms with Gasteiger partial charge in [0.25, 0.3) is 5.91 Å². The number of amides is 2. The standard InChI is InChI=1S/C12H7ClF3N3O2/c13-8-2-1-5(3-7(8)12(14,15)16)19-10(20)6-4-17-18-9(6)11(19)21/h1-3,6,9H,4H2/t6-,9+/m1/s1. The molecule has 5 nitrogen and oxygen atoms in total. The first kappa shape index (κ1) is 14.0. The van der Waals surface area contributed by atoms with Crippen molar-refractivity contribution in [1.29, 1.82) is 0 Å². The highest BCUT2D eigenvalue weighted by Crippen LogP contribution is 2.39. The van der Waals surface area contributed by atoms with Crippen molar-refractivity contribution in [2.45, 2.75) is 12.2 Å². The molecule has 2 heterocycles. The van der Waals surface area contributed by atoms with Gasteiger partial charge in [0.05, 0.1) is 28.7 Å². The molecule has 0 aromatic heterocycles. The van der Waals surface area contributed by atoms with Crippen molar-refractivity contribution >= 4 is 29.1 Å². The first-order valence-corrected chi connectivity index (χ1v) is 6.29. The molecule has 21 heavy (non-hydrogen) atoms. The van der Waals surface area contributed by atoms with Gasteiger partial charge in [0.2, 0.25) is 5.91 Å². The van der Waals surface area contributed by atoms with Gasteiger partial charge in [-0.15, -0.1) is 0 Å². The van der Waals surface area contributed by atoms with Crippen molar-refractivity contribution in [2.24, 2.45) is 16.1 Å². The molecule has 2 aliphatic heterocycles. The van der Waals surface area contributed by atoms with Crippen molar-refractivity contribution < 1.29 is 22.8 Å². The number of hydrogen-bond donors (Lipinski definition) is 0. The monoisotopic (exact) mass is 317 g/mol. The summed E-state index contributed by atoms with van der Waals surface area (Å²) < 4.78 is 38.5. The molecule has 3 rings (SSSR count). The van der Waals surface area contributed by atoms with Crippen LogP contribution in [0.4, 0.5) is 18.9 Å². The summed E-state index contributed by atoms with van der Waals surface area (Å²) >= 11 is 5.51. The van der Waals surface area contributed by atoms with Gasteiger partial charge < -0.3 is 0 Å². The summed E-state index contributed by atoms with van der Waals surface area (Å²) in [5.74, 6) is -1.98. The molecule has 0 bridgehead atoms. The van der Waals surface area contributed by atoms with Crippen LogP contribution in [0.25, 0.3) is 0 Å². The summed E-state index contributed by atoms with van der Waals surface area (Å²) in [4.78, 5) is 24.9. The molecule has 0 radical (unpaired) electrons. The molecule has 0 N–H and O–H groups in total. The van der Waals surface area contributed by atoms with E-state index in [1.807, 2.05) is 0 Å². The first-order valence-electron chi connectivity index (χ1n) is 5.92. The lowest BCUT2D eigenvalue weighted by Crippen LogP contribution is -2.32. The van der Waals surface area contributed by atoms with Gasteiger partial charge in [0.15, 0.2) is 6.04 Å². The molecule has 1 fully saturated rings. The third kappa shape index (κ3) is 2.10. The number of rotatable bonds is 1. The van der Waals surface area contributed by atoms with Crippen molar-refractivity contribution in [1.82, 2.24) is 0 Å². The molecule has 0 saturated carbocycles. The molecule has 9 heteroatoms. The minimum absolute atomic E-state index is 0.0749. The first-order chi connectivity index (χ1) is 9.80. The van der Waals surface area contributed by atoms with Gasteiger partial charge in [-0.3, -0.25) is 9.59 Å². The lowest BCUT2D eigenvalue weighted by atomic mass is 10.1. The molecule has 2 aliphatic rings. The van der Waals surface area contributed by atoms with Crippen LogP contribution in [0.5, 0.6) is 0 Å². The Bertz CT molecular complexity index is 674. The van der Waals surface area contributed by atoms with E-state index in [1.54, 1.807) is 0 Å². The van der Waals surface area contributed by atoms with E-state index in [-0.39, 0.29) is 12.2 Å². The Morgan fingerprint density at radius 1 is 1.24 bits per heavy atom. The van der Waals surface area contributed by atoms with E-state index in [2.05, 4.69) is 10.2 Å². The van der Waals surface area contributed by atoms with Gasteiger partial charge in [0, 0.05) is 0 Å². The predicted molar refractivity (Wildman–Crippen MR) is 65.9 cm³/mol. The Morgan fingerprint density at radius 2 is 1.95 bits per heavy atom. The molecular weight excluding hydrogens is 311 g/mol. The van der Waals surface area contributed by atoms with Gasteiger partial charge in [-0.25, -0.2) is 4.90 Å². The molecule has 1 saturated heterocycles. The number of imide groups is 1. The van der Waals surface area contributed by atoms with Gasteiger partial charge in [-0.1, -0.05) is 11.6 Å². The molecule has 2 atom stereocenters. The summed E-state index contributed by atoms with van der Waals surface area (Å²) in [6.07, 6.45) is -4.67. The summed E-state index contributed by atoms with van der Waals surface area (Å²) in [5.41, 5.74) is -1.26. The third-order valence-corrected chi connectivity index (χ3v) is 3.72. The fraction of sp³-hybridized carbons (Fsp3) is 0.333. The minimum Gasteiger partial charge on any atom is -0.274 e. The Balaban J connectivity index is 2.04. The smallest absolute Gasteiger partial charge is 0.274 e. The number of alkyl halides is 3. The van der Waals surface area contributed by atoms with E-state index in [1.165, 1.54) is 6.07 Å². The van der Waals surface area contributed by atoms with Crippen LogP contribution < -0.4 is 4.90 Å². The fourth-order valence-electron chi connectivity index (χ4n) is 2.37. The van der Waals surface area contributed by atoms with Crippen molar-refractivity contribution in [2.75, 3.05) is 11.4 Å². The summed E-state index contributed by atoms with van der Waals surface area (Å²) in [6, 6.07) is 1.97. The van der Waals surface area contributed by atoms with E-state index in [9.17, 15) is 22.8 Å². The average molecular weight is 318 g/mol. The van der Waals surface area contributed by atoms with Crippen molar-refractivity contribution in [3.63, 3.8) is 0 Å². The van der Waals surface area contributed by atoms with Crippen LogP contribution in [-0.2, 0) is 15.8 Å². The van der Waals surface area contributed by atoms with Crippen molar-refractivity contribution in [3.8, 4) is 0 Å². The van der Waals surface area contributed by atoms with Crippen LogP contribution in [0, 0.1) is 5.92 Å². The maximum Gasteiger partial charge on any atom is 0.417 e. The zero-order valence-corrected chi connectivity index (χ0v) is 11.0. The normalized spacial score (nSPS) is 24.9. The second-order valence-electron chi connectivity index (χ2n) is 4.66. The van der Waals surface area contributed by atoms with E-state index >= 15 is 0 Å². The fourth-order valence-corrected chi connectivity index (χ4v) is 2.59. The average Bonchev–Trinajstić information content (AvgIpc) is 2.95. The van der Waals surface area contributed by atoms with E-state index in [0.717, 1.165) is 11.0 Å². The molecule has 2 amide bonds. The molecule has 1 aromatic carbocycles. The summed E-state index contributed by atoms with van der Waals surface area (Å²) in [6.45, 7) is 0.0749. The van der Waals surface area contributed by atoms with Crippen LogP contribution >= 0.6 is 11.6 Å². The second kappa shape index (κ2) is 4.52. The minimum atomic E-state index is -4.67.